The van der Waals surface area contributed by atoms with E-state index in [2.05, 4.69) is 34.6 Å². The summed E-state index contributed by atoms with van der Waals surface area (Å²) in [6, 6.07) is 0. The first-order valence-corrected chi connectivity index (χ1v) is 7.04. The maximum atomic E-state index is 2.26. The fourth-order valence-electron chi connectivity index (χ4n) is 0.347. The molecule has 0 aliphatic heterocycles. The molecule has 0 aromatic heterocycles. The van der Waals surface area contributed by atoms with E-state index >= 15 is 0 Å². The summed E-state index contributed by atoms with van der Waals surface area (Å²) in [6.07, 6.45) is 0. The summed E-state index contributed by atoms with van der Waals surface area (Å²) in [5.74, 6) is 2.09. The molecule has 0 amide bonds. The Morgan fingerprint density at radius 3 is 1.75 bits per heavy atom. The van der Waals surface area contributed by atoms with Crippen LogP contribution in [0.5, 0.6) is 0 Å². The van der Waals surface area contributed by atoms with Gasteiger partial charge in [0, 0.05) is 10.5 Å². The average molecular weight is 208 g/mol. The number of hydrogen-bond donors (Lipinski definition) is 0. The Hall–Kier alpha value is 0.700. The van der Waals surface area contributed by atoms with Gasteiger partial charge in [-0.1, -0.05) is 70.1 Å². The zero-order valence-corrected chi connectivity index (χ0v) is 11.2. The maximum absolute atomic E-state index is 2.26. The highest BCUT2D eigenvalue weighted by molar-refractivity contribution is 8.77. The van der Waals surface area contributed by atoms with Crippen molar-refractivity contribution in [3.63, 3.8) is 0 Å². The lowest BCUT2D eigenvalue weighted by atomic mass is 10.3. The molecule has 2 heteroatoms. The van der Waals surface area contributed by atoms with Crippen LogP contribution < -0.4 is 0 Å². The number of hydrogen-bond acceptors (Lipinski definition) is 2. The van der Waals surface area contributed by atoms with Crippen LogP contribution in [0.2, 0.25) is 0 Å². The van der Waals surface area contributed by atoms with Crippen LogP contribution in [0.15, 0.2) is 0 Å². The zero-order valence-electron chi connectivity index (χ0n) is 9.60. The van der Waals surface area contributed by atoms with Gasteiger partial charge in [0.05, 0.1) is 0 Å². The molecule has 0 aromatic rings. The molecule has 0 aliphatic rings. The summed E-state index contributed by atoms with van der Waals surface area (Å²) in [6.45, 7) is 15.3. The van der Waals surface area contributed by atoms with Crippen molar-refractivity contribution in [2.75, 3.05) is 5.75 Å². The molecular weight excluding hydrogens is 184 g/mol. The van der Waals surface area contributed by atoms with E-state index in [0.717, 1.165) is 5.92 Å². The first-order valence-electron chi connectivity index (χ1n) is 4.72. The standard InChI is InChI=1S/C8H18S2.C2H6/c1-7(2)6-9-10-8(3,4)5;1-2/h7H,6H2,1-5H3;1-2H3. The first-order chi connectivity index (χ1) is 5.42. The molecule has 0 atom stereocenters. The SMILES string of the molecule is CC.CC(C)CSSC(C)(C)C. The topological polar surface area (TPSA) is 0 Å². The van der Waals surface area contributed by atoms with Gasteiger partial charge in [-0.05, 0) is 5.92 Å². The second-order valence-corrected chi connectivity index (χ2v) is 7.04. The van der Waals surface area contributed by atoms with Crippen molar-refractivity contribution in [2.45, 2.75) is 53.2 Å². The fourth-order valence-corrected chi connectivity index (χ4v) is 3.12. The number of rotatable bonds is 3. The van der Waals surface area contributed by atoms with Gasteiger partial charge in [-0.2, -0.15) is 0 Å². The Kier molecular flexibility index (Phi) is 10.5. The second-order valence-electron chi connectivity index (χ2n) is 3.87. The van der Waals surface area contributed by atoms with Crippen LogP contribution in [0, 0.1) is 5.92 Å². The minimum atomic E-state index is 0.416. The van der Waals surface area contributed by atoms with E-state index in [-0.39, 0.29) is 0 Å². The lowest BCUT2D eigenvalue weighted by molar-refractivity contribution is 0.752. The molecule has 0 N–H and O–H groups in total. The molecule has 0 radical (unpaired) electrons. The fraction of sp³-hybridized carbons (Fsp3) is 1.00. The third-order valence-corrected chi connectivity index (χ3v) is 4.39. The predicted molar refractivity (Wildman–Crippen MR) is 66.0 cm³/mol. The monoisotopic (exact) mass is 208 g/mol. The van der Waals surface area contributed by atoms with Crippen LogP contribution in [-0.4, -0.2) is 10.5 Å². The Morgan fingerprint density at radius 1 is 1.08 bits per heavy atom. The van der Waals surface area contributed by atoms with Gasteiger partial charge < -0.3 is 0 Å². The minimum Gasteiger partial charge on any atom is -0.0934 e. The minimum absolute atomic E-state index is 0.416. The molecule has 0 aromatic carbocycles. The summed E-state index contributed by atoms with van der Waals surface area (Å²) in [7, 11) is 3.96. The van der Waals surface area contributed by atoms with Gasteiger partial charge in [0.1, 0.15) is 0 Å². The summed E-state index contributed by atoms with van der Waals surface area (Å²) in [4.78, 5) is 0. The van der Waals surface area contributed by atoms with Gasteiger partial charge in [-0.3, -0.25) is 0 Å². The van der Waals surface area contributed by atoms with Crippen molar-refractivity contribution in [3.8, 4) is 0 Å². The Morgan fingerprint density at radius 2 is 1.50 bits per heavy atom. The maximum Gasteiger partial charge on any atom is 0.0179 e. The summed E-state index contributed by atoms with van der Waals surface area (Å²) in [5.41, 5.74) is 0. The third kappa shape index (κ3) is 17.0. The smallest absolute Gasteiger partial charge is 0.0179 e. The Balaban J connectivity index is 0. The third-order valence-electron chi connectivity index (χ3n) is 0.710. The van der Waals surface area contributed by atoms with Crippen LogP contribution in [0.4, 0.5) is 0 Å². The molecule has 0 unspecified atom stereocenters. The van der Waals surface area contributed by atoms with Crippen molar-refractivity contribution in [3.05, 3.63) is 0 Å². The van der Waals surface area contributed by atoms with Crippen LogP contribution in [0.25, 0.3) is 0 Å². The predicted octanol–water partition coefficient (Wildman–Crippen LogP) is 4.85. The average Bonchev–Trinajstić information content (AvgIpc) is 1.88. The molecule has 0 heterocycles. The summed E-state index contributed by atoms with van der Waals surface area (Å²) >= 11 is 0. The van der Waals surface area contributed by atoms with E-state index < -0.39 is 0 Å². The highest BCUT2D eigenvalue weighted by Gasteiger charge is 2.10. The van der Waals surface area contributed by atoms with E-state index in [9.17, 15) is 0 Å². The lowest BCUT2D eigenvalue weighted by Gasteiger charge is -2.16. The van der Waals surface area contributed by atoms with Crippen LogP contribution >= 0.6 is 21.6 Å². The lowest BCUT2D eigenvalue weighted by Crippen LogP contribution is -2.05. The zero-order chi connectivity index (χ0) is 10.2. The highest BCUT2D eigenvalue weighted by Crippen LogP contribution is 2.35. The molecule has 0 bridgehead atoms. The molecule has 0 saturated carbocycles. The van der Waals surface area contributed by atoms with Crippen molar-refractivity contribution in [1.29, 1.82) is 0 Å². The molecule has 0 nitrogen and oxygen atoms in total. The largest absolute Gasteiger partial charge is 0.0934 e. The van der Waals surface area contributed by atoms with Crippen molar-refractivity contribution in [2.24, 2.45) is 5.92 Å². The van der Waals surface area contributed by atoms with Gasteiger partial charge in [-0.15, -0.1) is 0 Å². The van der Waals surface area contributed by atoms with Crippen molar-refractivity contribution in [1.82, 2.24) is 0 Å². The quantitative estimate of drug-likeness (QED) is 0.608. The summed E-state index contributed by atoms with van der Waals surface area (Å²) < 4.78 is 0.416. The van der Waals surface area contributed by atoms with Gasteiger partial charge >= 0.3 is 0 Å². The Bertz CT molecular complexity index is 82.3. The van der Waals surface area contributed by atoms with Gasteiger partial charge in [0.15, 0.2) is 0 Å². The molecule has 12 heavy (non-hydrogen) atoms. The molecule has 0 rings (SSSR count). The van der Waals surface area contributed by atoms with E-state index in [1.165, 1.54) is 5.75 Å². The summed E-state index contributed by atoms with van der Waals surface area (Å²) in [5, 5.41) is 0. The molecule has 0 saturated heterocycles. The van der Waals surface area contributed by atoms with Gasteiger partial charge in [0.25, 0.3) is 0 Å². The van der Waals surface area contributed by atoms with E-state index in [0.29, 0.717) is 4.75 Å². The molecular formula is C10H24S2. The van der Waals surface area contributed by atoms with Crippen LogP contribution in [-0.2, 0) is 0 Å². The molecule has 76 valence electrons. The molecule has 0 fully saturated rings. The first kappa shape index (κ1) is 15.2. The second kappa shape index (κ2) is 8.31. The van der Waals surface area contributed by atoms with E-state index in [4.69, 9.17) is 0 Å². The molecule has 0 aliphatic carbocycles. The Labute approximate surface area is 86.7 Å². The normalized spacial score (nSPS) is 11.0. The van der Waals surface area contributed by atoms with Crippen molar-refractivity contribution >= 4 is 21.6 Å². The van der Waals surface area contributed by atoms with Crippen molar-refractivity contribution < 1.29 is 0 Å². The van der Waals surface area contributed by atoms with Crippen LogP contribution in [0.3, 0.4) is 0 Å². The molecule has 0 spiro atoms. The van der Waals surface area contributed by atoms with E-state index in [1.807, 2.05) is 35.4 Å². The van der Waals surface area contributed by atoms with Gasteiger partial charge in [-0.25, -0.2) is 0 Å². The van der Waals surface area contributed by atoms with E-state index in [1.54, 1.807) is 0 Å². The van der Waals surface area contributed by atoms with Gasteiger partial charge in [0.2, 0.25) is 0 Å². The van der Waals surface area contributed by atoms with Crippen LogP contribution in [0.1, 0.15) is 48.5 Å². The highest BCUT2D eigenvalue weighted by atomic mass is 33.1.